The fraction of sp³-hybridized carbons (Fsp3) is 0.478. The third-order valence-corrected chi connectivity index (χ3v) is 5.81. The van der Waals surface area contributed by atoms with Crippen LogP contribution >= 0.6 is 0 Å². The van der Waals surface area contributed by atoms with E-state index in [1.54, 1.807) is 6.20 Å². The number of hydrogen-bond acceptors (Lipinski definition) is 7. The van der Waals surface area contributed by atoms with E-state index in [1.807, 2.05) is 12.1 Å². The van der Waals surface area contributed by atoms with Gasteiger partial charge < -0.3 is 15.8 Å². The molecule has 0 radical (unpaired) electrons. The summed E-state index contributed by atoms with van der Waals surface area (Å²) in [5, 5.41) is 3.31. The van der Waals surface area contributed by atoms with Crippen LogP contribution in [0.15, 0.2) is 35.3 Å². The highest BCUT2D eigenvalue weighted by molar-refractivity contribution is 5.69. The minimum Gasteiger partial charge on any atom is -0.379 e. The van der Waals surface area contributed by atoms with E-state index in [9.17, 15) is 4.79 Å². The molecule has 3 aromatic rings. The fourth-order valence-electron chi connectivity index (χ4n) is 4.03. The first-order valence-electron chi connectivity index (χ1n) is 10.9. The number of fused-ring (bicyclic) bond motifs is 1. The number of nitrogen functional groups attached to an aromatic ring is 1. The van der Waals surface area contributed by atoms with Gasteiger partial charge in [0.15, 0.2) is 11.2 Å². The molecule has 0 spiro atoms. The third-order valence-electron chi connectivity index (χ3n) is 5.81. The molecule has 2 aromatic heterocycles. The van der Waals surface area contributed by atoms with Crippen molar-refractivity contribution in [3.8, 4) is 0 Å². The molecule has 164 valence electrons. The first kappa shape index (κ1) is 21.2. The summed E-state index contributed by atoms with van der Waals surface area (Å²) in [5.41, 5.74) is 8.79. The van der Waals surface area contributed by atoms with Crippen molar-refractivity contribution in [2.24, 2.45) is 5.41 Å². The number of nitrogens with one attached hydrogen (secondary N) is 2. The highest BCUT2D eigenvalue weighted by Crippen LogP contribution is 2.44. The number of nitrogens with two attached hydrogens (primary N) is 1. The van der Waals surface area contributed by atoms with Gasteiger partial charge in [0.05, 0.1) is 24.5 Å². The molecule has 1 aliphatic rings. The van der Waals surface area contributed by atoms with Crippen molar-refractivity contribution in [3.63, 3.8) is 0 Å². The lowest BCUT2D eigenvalue weighted by Gasteiger charge is -2.23. The first-order valence-corrected chi connectivity index (χ1v) is 10.9. The van der Waals surface area contributed by atoms with Gasteiger partial charge in [0.2, 0.25) is 5.95 Å². The second kappa shape index (κ2) is 8.63. The van der Waals surface area contributed by atoms with Crippen molar-refractivity contribution in [1.29, 1.82) is 0 Å². The monoisotopic (exact) mass is 422 g/mol. The highest BCUT2D eigenvalue weighted by atomic mass is 16.6. The molecule has 0 bridgehead atoms. The van der Waals surface area contributed by atoms with Gasteiger partial charge in [0.25, 0.3) is 5.56 Å². The Bertz CT molecular complexity index is 1110. The maximum atomic E-state index is 12.0. The Balaban J connectivity index is 1.32. The maximum absolute atomic E-state index is 12.0. The normalized spacial score (nSPS) is 18.3. The number of rotatable bonds is 9. The summed E-state index contributed by atoms with van der Waals surface area (Å²) in [5.74, 6) is 0.0318. The topological polar surface area (TPSA) is 122 Å². The quantitative estimate of drug-likeness (QED) is 0.446. The smallest absolute Gasteiger partial charge is 0.280 e. The molecule has 0 amide bonds. The van der Waals surface area contributed by atoms with E-state index in [0.717, 1.165) is 12.1 Å². The minimum absolute atomic E-state index is 0.0318. The Labute approximate surface area is 181 Å². The van der Waals surface area contributed by atoms with Crippen LogP contribution in [0.3, 0.4) is 0 Å². The van der Waals surface area contributed by atoms with Gasteiger partial charge in [-0.15, -0.1) is 0 Å². The van der Waals surface area contributed by atoms with Crippen molar-refractivity contribution in [2.45, 2.75) is 65.2 Å². The number of hydrogen-bond donors (Lipinski definition) is 3. The average molecular weight is 423 g/mol. The lowest BCUT2D eigenvalue weighted by atomic mass is 9.82. The predicted octanol–water partition coefficient (Wildman–Crippen LogP) is 3.95. The van der Waals surface area contributed by atoms with E-state index >= 15 is 0 Å². The van der Waals surface area contributed by atoms with Gasteiger partial charge in [0, 0.05) is 5.69 Å². The van der Waals surface area contributed by atoms with E-state index in [-0.39, 0.29) is 23.2 Å². The Hall–Kier alpha value is -3.00. The number of nitrogens with zero attached hydrogens (tertiary/aromatic N) is 3. The number of epoxide rings is 1. The van der Waals surface area contributed by atoms with Crippen molar-refractivity contribution < 1.29 is 4.74 Å². The zero-order chi connectivity index (χ0) is 22.0. The Morgan fingerprint density at radius 3 is 2.71 bits per heavy atom. The summed E-state index contributed by atoms with van der Waals surface area (Å²) < 4.78 is 5.92. The van der Waals surface area contributed by atoms with Gasteiger partial charge >= 0.3 is 0 Å². The molecular formula is C23H30N6O2. The largest absolute Gasteiger partial charge is 0.379 e. The van der Waals surface area contributed by atoms with E-state index in [0.29, 0.717) is 23.8 Å². The van der Waals surface area contributed by atoms with Crippen molar-refractivity contribution in [3.05, 3.63) is 52.1 Å². The van der Waals surface area contributed by atoms with Crippen LogP contribution in [0.5, 0.6) is 0 Å². The standard InChI is InChI=1S/C23H30N6O2/c1-4-10-23(2,3)11-9-17-19(31-17)14-5-7-15(8-6-14)25-12-16-13-26-20-18(27-16)21(30)29-22(24)28-20/h5-8,13,17,19,25H,4,9-12H2,1-3H3,(H3,24,26,28,29,30). The molecule has 8 nitrogen and oxygen atoms in total. The number of aromatic nitrogens is 4. The number of H-pyrrole nitrogens is 1. The van der Waals surface area contributed by atoms with Gasteiger partial charge in [-0.05, 0) is 42.4 Å². The Kier molecular flexibility index (Phi) is 5.91. The second-order valence-electron chi connectivity index (χ2n) is 9.01. The summed E-state index contributed by atoms with van der Waals surface area (Å²) in [6, 6.07) is 8.29. The molecule has 2 atom stereocenters. The average Bonchev–Trinajstić information content (AvgIpc) is 3.51. The SMILES string of the molecule is CCCC(C)(C)CCC1OC1c1ccc(NCc2cnc3nc(N)[nH]c(=O)c3n2)cc1. The van der Waals surface area contributed by atoms with Gasteiger partial charge in [-0.25, -0.2) is 9.97 Å². The van der Waals surface area contributed by atoms with E-state index in [1.165, 1.54) is 24.8 Å². The van der Waals surface area contributed by atoms with Crippen molar-refractivity contribution in [2.75, 3.05) is 11.1 Å². The molecule has 31 heavy (non-hydrogen) atoms. The summed E-state index contributed by atoms with van der Waals surface area (Å²) in [4.78, 5) is 26.9. The summed E-state index contributed by atoms with van der Waals surface area (Å²) in [6.45, 7) is 7.38. The highest BCUT2D eigenvalue weighted by Gasteiger charge is 2.40. The van der Waals surface area contributed by atoms with Crippen LogP contribution < -0.4 is 16.6 Å². The van der Waals surface area contributed by atoms with E-state index in [4.69, 9.17) is 10.5 Å². The molecule has 1 aromatic carbocycles. The Morgan fingerprint density at radius 2 is 1.97 bits per heavy atom. The van der Waals surface area contributed by atoms with E-state index < -0.39 is 5.56 Å². The van der Waals surface area contributed by atoms with E-state index in [2.05, 4.69) is 58.2 Å². The van der Waals surface area contributed by atoms with Crippen LogP contribution in [0.1, 0.15) is 63.8 Å². The molecule has 2 unspecified atom stereocenters. The molecule has 1 fully saturated rings. The Morgan fingerprint density at radius 1 is 1.19 bits per heavy atom. The molecule has 4 rings (SSSR count). The molecule has 1 aliphatic heterocycles. The van der Waals surface area contributed by atoms with Crippen LogP contribution in [0.4, 0.5) is 11.6 Å². The minimum atomic E-state index is -0.390. The molecule has 8 heteroatoms. The maximum Gasteiger partial charge on any atom is 0.280 e. The predicted molar refractivity (Wildman–Crippen MR) is 122 cm³/mol. The van der Waals surface area contributed by atoms with Crippen molar-refractivity contribution in [1.82, 2.24) is 19.9 Å². The lowest BCUT2D eigenvalue weighted by molar-refractivity contribution is 0.273. The third kappa shape index (κ3) is 5.19. The summed E-state index contributed by atoms with van der Waals surface area (Å²) in [7, 11) is 0. The second-order valence-corrected chi connectivity index (χ2v) is 9.01. The van der Waals surface area contributed by atoms with Crippen LogP contribution in [-0.2, 0) is 11.3 Å². The van der Waals surface area contributed by atoms with Crippen LogP contribution in [0.2, 0.25) is 0 Å². The van der Waals surface area contributed by atoms with Gasteiger partial charge in [0.1, 0.15) is 6.10 Å². The zero-order valence-electron chi connectivity index (χ0n) is 18.3. The molecule has 1 saturated heterocycles. The molecule has 0 aliphatic carbocycles. The first-order chi connectivity index (χ1) is 14.8. The van der Waals surface area contributed by atoms with Gasteiger partial charge in [-0.2, -0.15) is 4.98 Å². The van der Waals surface area contributed by atoms with Crippen LogP contribution in [-0.4, -0.2) is 26.0 Å². The lowest BCUT2D eigenvalue weighted by Crippen LogP contribution is -2.15. The van der Waals surface area contributed by atoms with Gasteiger partial charge in [-0.3, -0.25) is 9.78 Å². The molecule has 3 heterocycles. The zero-order valence-corrected chi connectivity index (χ0v) is 18.3. The number of aromatic amines is 1. The van der Waals surface area contributed by atoms with Gasteiger partial charge in [-0.1, -0.05) is 39.3 Å². The summed E-state index contributed by atoms with van der Waals surface area (Å²) in [6.07, 6.45) is 6.93. The molecular weight excluding hydrogens is 392 g/mol. The fourth-order valence-corrected chi connectivity index (χ4v) is 4.03. The molecule has 4 N–H and O–H groups in total. The summed E-state index contributed by atoms with van der Waals surface area (Å²) >= 11 is 0. The van der Waals surface area contributed by atoms with Crippen LogP contribution in [0, 0.1) is 5.41 Å². The molecule has 0 saturated carbocycles. The number of ether oxygens (including phenoxy) is 1. The number of anilines is 2. The van der Waals surface area contributed by atoms with Crippen LogP contribution in [0.25, 0.3) is 11.2 Å². The van der Waals surface area contributed by atoms with Crippen molar-refractivity contribution >= 4 is 22.8 Å². The number of benzene rings is 1.